The molecule has 2 unspecified atom stereocenters. The fourth-order valence-electron chi connectivity index (χ4n) is 17.5. The highest BCUT2D eigenvalue weighted by atomic mass is 16.2. The first kappa shape index (κ1) is 101. The van der Waals surface area contributed by atoms with Gasteiger partial charge in [0.25, 0.3) is 0 Å². The molecule has 0 bridgehead atoms. The second-order valence-electron chi connectivity index (χ2n) is 35.3. The van der Waals surface area contributed by atoms with Crippen LogP contribution < -0.4 is 16.0 Å². The van der Waals surface area contributed by atoms with Gasteiger partial charge >= 0.3 is 0 Å². The molecule has 2 aliphatic heterocycles. The first-order valence-electron chi connectivity index (χ1n) is 49.8. The number of hydrogen-bond donors (Lipinski definition) is 3. The van der Waals surface area contributed by atoms with Crippen molar-refractivity contribution < 1.29 is 19.2 Å². The van der Waals surface area contributed by atoms with Gasteiger partial charge in [-0.15, -0.1) is 0 Å². The minimum atomic E-state index is -0.126. The van der Waals surface area contributed by atoms with Gasteiger partial charge in [0, 0.05) is 77.0 Å². The average Bonchev–Trinajstić information content (AvgIpc) is 1.71. The van der Waals surface area contributed by atoms with Crippen LogP contribution in [0, 0.1) is 11.8 Å². The van der Waals surface area contributed by atoms with Crippen LogP contribution in [0.3, 0.4) is 0 Å². The SMILES string of the molecule is CCCCCCCCCCCCCCCCCCCCCCCCCCCCCCCCCCCCCCCCCCC1CC(=O)N(CCNCCNCCNCCN2C(=O)CC(CCCCCCCCCCCCCCCCCCCCCCCCCCCCCCCCCCCCCCCC)C2=O)C1=O. The van der Waals surface area contributed by atoms with E-state index in [1.807, 2.05) is 0 Å². The van der Waals surface area contributed by atoms with Crippen molar-refractivity contribution in [3.63, 3.8) is 0 Å². The van der Waals surface area contributed by atoms with Crippen LogP contribution >= 0.6 is 0 Å². The molecule has 0 aliphatic carbocycles. The molecule has 2 heterocycles. The molecule has 9 nitrogen and oxygen atoms in total. The molecule has 2 atom stereocenters. The molecule has 9 heteroatoms. The first-order chi connectivity index (χ1) is 53.0. The summed E-state index contributed by atoms with van der Waals surface area (Å²) in [5, 5.41) is 10.2. The van der Waals surface area contributed by atoms with E-state index in [1.54, 1.807) is 0 Å². The zero-order chi connectivity index (χ0) is 76.4. The van der Waals surface area contributed by atoms with Crippen LogP contribution in [0.15, 0.2) is 0 Å². The summed E-state index contributed by atoms with van der Waals surface area (Å²) in [4.78, 5) is 54.6. The minimum Gasteiger partial charge on any atom is -0.314 e. The first-order valence-corrected chi connectivity index (χ1v) is 49.8. The summed E-state index contributed by atoms with van der Waals surface area (Å²) in [6.45, 7) is 9.84. The number of imide groups is 2. The summed E-state index contributed by atoms with van der Waals surface area (Å²) < 4.78 is 0. The lowest BCUT2D eigenvalue weighted by molar-refractivity contribution is -0.140. The van der Waals surface area contributed by atoms with Crippen molar-refractivity contribution in [2.75, 3.05) is 52.4 Å². The van der Waals surface area contributed by atoms with Crippen molar-refractivity contribution in [3.8, 4) is 0 Å². The summed E-state index contributed by atoms with van der Waals surface area (Å²) >= 11 is 0. The third-order valence-corrected chi connectivity index (χ3v) is 25.0. The van der Waals surface area contributed by atoms with E-state index in [-0.39, 0.29) is 35.5 Å². The van der Waals surface area contributed by atoms with Gasteiger partial charge in [-0.2, -0.15) is 0 Å². The monoisotopic (exact) mass is 1500 g/mol. The van der Waals surface area contributed by atoms with Crippen molar-refractivity contribution >= 4 is 23.6 Å². The summed E-state index contributed by atoms with van der Waals surface area (Å²) in [5.41, 5.74) is 0. The van der Waals surface area contributed by atoms with Crippen LogP contribution in [0.5, 0.6) is 0 Å². The van der Waals surface area contributed by atoms with Crippen molar-refractivity contribution in [1.82, 2.24) is 25.8 Å². The molecule has 2 aliphatic rings. The van der Waals surface area contributed by atoms with Gasteiger partial charge in [0.15, 0.2) is 0 Å². The number of carbonyl (C=O) groups is 4. The Labute approximate surface area is 669 Å². The second-order valence-corrected chi connectivity index (χ2v) is 35.3. The number of amides is 4. The Kier molecular flexibility index (Phi) is 79.1. The zero-order valence-electron chi connectivity index (χ0n) is 72.8. The zero-order valence-corrected chi connectivity index (χ0v) is 72.8. The van der Waals surface area contributed by atoms with Crippen LogP contribution in [-0.2, 0) is 19.2 Å². The molecule has 0 saturated carbocycles. The molecule has 107 heavy (non-hydrogen) atoms. The lowest BCUT2D eigenvalue weighted by Crippen LogP contribution is -2.40. The van der Waals surface area contributed by atoms with Crippen molar-refractivity contribution in [2.45, 2.75) is 540 Å². The number of unbranched alkanes of at least 4 members (excludes halogenated alkanes) is 76. The molecule has 0 aromatic heterocycles. The average molecular weight is 1500 g/mol. The number of hydrogen-bond acceptors (Lipinski definition) is 7. The molecule has 632 valence electrons. The standard InChI is InChI=1S/C98H191N5O4/c1-3-5-7-9-11-13-15-17-19-21-23-25-27-29-31-33-35-37-39-41-43-44-46-48-50-52-54-56-58-60-62-64-66-68-70-72-74-76-78-80-82-94-92-96(105)103(98(94)107)90-88-101-86-84-99-83-85-100-87-89-102-95(104)91-93(97(102)106)81-79-77-75-73-71-69-67-65-63-61-59-57-55-53-51-49-47-45-42-40-38-36-34-32-30-28-26-24-22-20-18-16-14-12-10-8-6-4-2/h93-94,99-101H,3-92H2,1-2H3. The van der Waals surface area contributed by atoms with Gasteiger partial charge in [0.1, 0.15) is 0 Å². The molecule has 0 aromatic carbocycles. The summed E-state index contributed by atoms with van der Waals surface area (Å²) in [5.74, 6) is -0.192. The Morgan fingerprint density at radius 3 is 0.477 bits per heavy atom. The number of nitrogens with zero attached hydrogens (tertiary/aromatic N) is 2. The van der Waals surface area contributed by atoms with Gasteiger partial charge in [0.05, 0.1) is 0 Å². The number of nitrogens with one attached hydrogen (secondary N) is 3. The lowest BCUT2D eigenvalue weighted by atomic mass is 9.98. The largest absolute Gasteiger partial charge is 0.314 e. The van der Waals surface area contributed by atoms with Gasteiger partial charge in [-0.05, 0) is 12.8 Å². The van der Waals surface area contributed by atoms with Crippen molar-refractivity contribution in [1.29, 1.82) is 0 Å². The fourth-order valence-corrected chi connectivity index (χ4v) is 17.5. The quantitative estimate of drug-likeness (QED) is 0.0411. The summed E-state index contributed by atoms with van der Waals surface area (Å²) in [7, 11) is 0. The highest BCUT2D eigenvalue weighted by Crippen LogP contribution is 2.28. The van der Waals surface area contributed by atoms with Crippen LogP contribution in [0.2, 0.25) is 0 Å². The van der Waals surface area contributed by atoms with Crippen LogP contribution in [0.25, 0.3) is 0 Å². The van der Waals surface area contributed by atoms with E-state index in [9.17, 15) is 19.2 Å². The van der Waals surface area contributed by atoms with E-state index >= 15 is 0 Å². The summed E-state index contributed by atoms with van der Waals surface area (Å²) in [6.07, 6.45) is 113. The Morgan fingerprint density at radius 2 is 0.327 bits per heavy atom. The van der Waals surface area contributed by atoms with E-state index in [0.717, 1.165) is 51.9 Å². The molecule has 2 rings (SSSR count). The Bertz CT molecular complexity index is 1840. The number of carbonyl (C=O) groups excluding carboxylic acids is 4. The number of likely N-dealkylation sites (tertiary alicyclic amines) is 2. The van der Waals surface area contributed by atoms with E-state index < -0.39 is 0 Å². The van der Waals surface area contributed by atoms with E-state index in [4.69, 9.17) is 0 Å². The summed E-state index contributed by atoms with van der Waals surface area (Å²) in [6, 6.07) is 0. The van der Waals surface area contributed by atoms with Gasteiger partial charge < -0.3 is 16.0 Å². The van der Waals surface area contributed by atoms with E-state index in [0.29, 0.717) is 39.0 Å². The van der Waals surface area contributed by atoms with Crippen LogP contribution in [0.1, 0.15) is 540 Å². The maximum Gasteiger partial charge on any atom is 0.232 e. The topological polar surface area (TPSA) is 111 Å². The Hall–Kier alpha value is -1.84. The Balaban J connectivity index is 1.21. The van der Waals surface area contributed by atoms with E-state index in [1.165, 1.54) is 498 Å². The molecule has 2 saturated heterocycles. The molecular formula is C98H191N5O4. The third kappa shape index (κ3) is 68.3. The number of rotatable bonds is 92. The predicted octanol–water partition coefficient (Wildman–Crippen LogP) is 29.8. The third-order valence-electron chi connectivity index (χ3n) is 25.0. The molecule has 3 N–H and O–H groups in total. The van der Waals surface area contributed by atoms with Crippen molar-refractivity contribution in [3.05, 3.63) is 0 Å². The lowest BCUT2D eigenvalue weighted by Gasteiger charge is -2.16. The normalized spacial score (nSPS) is 14.8. The second kappa shape index (κ2) is 83.6. The van der Waals surface area contributed by atoms with Gasteiger partial charge in [0.2, 0.25) is 23.6 Å². The molecule has 0 aromatic rings. The smallest absolute Gasteiger partial charge is 0.232 e. The fraction of sp³-hybridized carbons (Fsp3) is 0.959. The van der Waals surface area contributed by atoms with E-state index in [2.05, 4.69) is 29.8 Å². The maximum absolute atomic E-state index is 13.1. The van der Waals surface area contributed by atoms with Crippen LogP contribution in [-0.4, -0.2) is 85.8 Å². The van der Waals surface area contributed by atoms with Gasteiger partial charge in [-0.25, -0.2) is 0 Å². The molecule has 0 spiro atoms. The van der Waals surface area contributed by atoms with Gasteiger partial charge in [-0.3, -0.25) is 29.0 Å². The van der Waals surface area contributed by atoms with Gasteiger partial charge in [-0.1, -0.05) is 515 Å². The van der Waals surface area contributed by atoms with Crippen molar-refractivity contribution in [2.24, 2.45) is 11.8 Å². The molecular weight excluding hydrogens is 1310 g/mol. The highest BCUT2D eigenvalue weighted by Gasteiger charge is 2.38. The molecule has 4 amide bonds. The highest BCUT2D eigenvalue weighted by molar-refractivity contribution is 6.04. The maximum atomic E-state index is 13.1. The molecule has 0 radical (unpaired) electrons. The minimum absolute atomic E-state index is 0.00607. The van der Waals surface area contributed by atoms with Crippen LogP contribution in [0.4, 0.5) is 0 Å². The molecule has 2 fully saturated rings. The predicted molar refractivity (Wildman–Crippen MR) is 469 cm³/mol. The Morgan fingerprint density at radius 1 is 0.196 bits per heavy atom.